The largest absolute Gasteiger partial charge is 0.490 e. The van der Waals surface area contributed by atoms with Crippen LogP contribution in [0.3, 0.4) is 0 Å². The number of carbonyl (C=O) groups excluding carboxylic acids is 1. The van der Waals surface area contributed by atoms with Gasteiger partial charge in [0.1, 0.15) is 11.9 Å². The van der Waals surface area contributed by atoms with E-state index in [1.165, 1.54) is 7.05 Å². The number of nitrogens with one attached hydrogen (secondary N) is 1. The summed E-state index contributed by atoms with van der Waals surface area (Å²) in [5.74, 6) is 0.471. The topological polar surface area (TPSA) is 79.0 Å². The van der Waals surface area contributed by atoms with Gasteiger partial charge in [0, 0.05) is 26.7 Å². The lowest BCUT2D eigenvalue weighted by molar-refractivity contribution is -0.121. The van der Waals surface area contributed by atoms with Gasteiger partial charge in [0.05, 0.1) is 11.4 Å². The third kappa shape index (κ3) is 6.53. The van der Waals surface area contributed by atoms with Gasteiger partial charge >= 0.3 is 0 Å². The van der Waals surface area contributed by atoms with E-state index >= 15 is 0 Å². The zero-order chi connectivity index (χ0) is 22.4. The van der Waals surface area contributed by atoms with Crippen molar-refractivity contribution in [2.45, 2.75) is 37.3 Å². The van der Waals surface area contributed by atoms with Gasteiger partial charge in [-0.2, -0.15) is 4.31 Å². The Bertz CT molecular complexity index is 967. The zero-order valence-electron chi connectivity index (χ0n) is 18.4. The zero-order valence-corrected chi connectivity index (χ0v) is 19.2. The highest BCUT2D eigenvalue weighted by molar-refractivity contribution is 7.89. The maximum absolute atomic E-state index is 12.6. The maximum Gasteiger partial charge on any atom is 0.243 e. The molecular weight excluding hydrogens is 414 g/mol. The number of amides is 1. The van der Waals surface area contributed by atoms with Crippen molar-refractivity contribution in [2.24, 2.45) is 0 Å². The molecule has 2 aromatic carbocycles. The summed E-state index contributed by atoms with van der Waals surface area (Å²) in [6.07, 6.45) is 2.29. The Kier molecular flexibility index (Phi) is 7.69. The molecule has 168 valence electrons. The van der Waals surface area contributed by atoms with E-state index in [0.717, 1.165) is 47.1 Å². The fourth-order valence-corrected chi connectivity index (χ4v) is 4.54. The summed E-state index contributed by atoms with van der Waals surface area (Å²) in [7, 11) is -0.177. The summed E-state index contributed by atoms with van der Waals surface area (Å²) >= 11 is 0. The lowest BCUT2D eigenvalue weighted by Gasteiger charge is -2.29. The average Bonchev–Trinajstić information content (AvgIpc) is 2.75. The Balaban J connectivity index is 1.47. The summed E-state index contributed by atoms with van der Waals surface area (Å²) in [5, 5.41) is 2.78. The molecule has 2 aromatic rings. The highest BCUT2D eigenvalue weighted by atomic mass is 32.2. The molecule has 1 saturated heterocycles. The summed E-state index contributed by atoms with van der Waals surface area (Å²) in [6.45, 7) is 4.06. The molecule has 0 bridgehead atoms. The predicted molar refractivity (Wildman–Crippen MR) is 120 cm³/mol. The second kappa shape index (κ2) is 10.3. The number of carbonyl (C=O) groups is 1. The first-order chi connectivity index (χ1) is 14.7. The van der Waals surface area contributed by atoms with Crippen molar-refractivity contribution in [1.82, 2.24) is 14.5 Å². The number of benzene rings is 2. The first-order valence-corrected chi connectivity index (χ1v) is 11.9. The molecule has 31 heavy (non-hydrogen) atoms. The van der Waals surface area contributed by atoms with E-state index in [4.69, 9.17) is 4.74 Å². The van der Waals surface area contributed by atoms with Crippen LogP contribution in [-0.2, 0) is 21.4 Å². The Morgan fingerprint density at radius 1 is 1.10 bits per heavy atom. The molecule has 1 aliphatic rings. The quantitative estimate of drug-likeness (QED) is 0.675. The van der Waals surface area contributed by atoms with Crippen LogP contribution in [0.5, 0.6) is 5.75 Å². The van der Waals surface area contributed by atoms with Gasteiger partial charge < -0.3 is 15.0 Å². The minimum Gasteiger partial charge on any atom is -0.490 e. The second-order valence-electron chi connectivity index (χ2n) is 8.12. The predicted octanol–water partition coefficient (Wildman–Crippen LogP) is 2.40. The summed E-state index contributed by atoms with van der Waals surface area (Å²) < 4.78 is 32.3. The molecule has 1 heterocycles. The number of hydrogen-bond donors (Lipinski definition) is 1. The van der Waals surface area contributed by atoms with Crippen molar-refractivity contribution in [3.63, 3.8) is 0 Å². The smallest absolute Gasteiger partial charge is 0.243 e. The molecular formula is C23H31N3O4S. The average molecular weight is 446 g/mol. The molecule has 1 N–H and O–H groups in total. The van der Waals surface area contributed by atoms with E-state index in [-0.39, 0.29) is 23.5 Å². The fraction of sp³-hybridized carbons (Fsp3) is 0.435. The van der Waals surface area contributed by atoms with Gasteiger partial charge in [-0.1, -0.05) is 29.8 Å². The van der Waals surface area contributed by atoms with Gasteiger partial charge in [-0.3, -0.25) is 4.79 Å². The molecule has 1 aliphatic heterocycles. The number of rotatable bonds is 8. The van der Waals surface area contributed by atoms with E-state index in [1.807, 2.05) is 31.2 Å². The number of likely N-dealkylation sites (N-methyl/N-ethyl adjacent to an activating group) is 1. The van der Waals surface area contributed by atoms with Crippen LogP contribution in [0.25, 0.3) is 0 Å². The fourth-order valence-electron chi connectivity index (χ4n) is 3.42. The molecule has 0 unspecified atom stereocenters. The van der Waals surface area contributed by atoms with Crippen molar-refractivity contribution in [1.29, 1.82) is 0 Å². The van der Waals surface area contributed by atoms with Crippen LogP contribution in [0, 0.1) is 6.92 Å². The molecule has 0 aliphatic carbocycles. The van der Waals surface area contributed by atoms with Crippen LogP contribution >= 0.6 is 0 Å². The normalized spacial score (nSPS) is 15.7. The van der Waals surface area contributed by atoms with Gasteiger partial charge in [0.15, 0.2) is 0 Å². The standard InChI is InChI=1S/C23H31N3O4S/c1-18-4-10-22(11-5-18)31(28,29)26(3)17-23(27)24-16-19-6-8-20(9-7-19)30-21-12-14-25(2)15-13-21/h4-11,21H,12-17H2,1-3H3,(H,24,27). The van der Waals surface area contributed by atoms with Crippen LogP contribution in [-0.4, -0.2) is 63.4 Å². The minimum atomic E-state index is -3.70. The number of aryl methyl sites for hydroxylation is 1. The van der Waals surface area contributed by atoms with Crippen molar-refractivity contribution >= 4 is 15.9 Å². The molecule has 7 nitrogen and oxygen atoms in total. The molecule has 0 spiro atoms. The van der Waals surface area contributed by atoms with E-state index in [9.17, 15) is 13.2 Å². The molecule has 0 radical (unpaired) electrons. The molecule has 3 rings (SSSR count). The van der Waals surface area contributed by atoms with E-state index in [2.05, 4.69) is 17.3 Å². The van der Waals surface area contributed by atoms with Gasteiger partial charge in [-0.05, 0) is 56.6 Å². The minimum absolute atomic E-state index is 0.175. The number of ether oxygens (including phenoxy) is 1. The number of hydrogen-bond acceptors (Lipinski definition) is 5. The summed E-state index contributed by atoms with van der Waals surface area (Å²) in [4.78, 5) is 14.7. The Hall–Kier alpha value is -2.42. The number of likely N-dealkylation sites (tertiary alicyclic amines) is 1. The van der Waals surface area contributed by atoms with Crippen molar-refractivity contribution in [3.8, 4) is 5.75 Å². The SMILES string of the molecule is Cc1ccc(S(=O)(=O)N(C)CC(=O)NCc2ccc(OC3CCN(C)CC3)cc2)cc1. The van der Waals surface area contributed by atoms with Gasteiger partial charge in [-0.25, -0.2) is 8.42 Å². The highest BCUT2D eigenvalue weighted by Gasteiger charge is 2.22. The number of nitrogens with zero attached hydrogens (tertiary/aromatic N) is 2. The summed E-state index contributed by atoms with van der Waals surface area (Å²) in [6, 6.07) is 14.2. The second-order valence-corrected chi connectivity index (χ2v) is 10.2. The first kappa shape index (κ1) is 23.2. The Morgan fingerprint density at radius 3 is 2.32 bits per heavy atom. The highest BCUT2D eigenvalue weighted by Crippen LogP contribution is 2.19. The first-order valence-electron chi connectivity index (χ1n) is 10.5. The number of sulfonamides is 1. The molecule has 1 fully saturated rings. The monoisotopic (exact) mass is 445 g/mol. The van der Waals surface area contributed by atoms with E-state index in [1.54, 1.807) is 24.3 Å². The molecule has 8 heteroatoms. The van der Waals surface area contributed by atoms with Crippen molar-refractivity contribution < 1.29 is 17.9 Å². The van der Waals surface area contributed by atoms with Crippen LogP contribution in [0.2, 0.25) is 0 Å². The molecule has 1 amide bonds. The van der Waals surface area contributed by atoms with Gasteiger partial charge in [0.25, 0.3) is 0 Å². The molecule has 0 saturated carbocycles. The third-order valence-corrected chi connectivity index (χ3v) is 7.29. The molecule has 0 atom stereocenters. The Morgan fingerprint density at radius 2 is 1.71 bits per heavy atom. The van der Waals surface area contributed by atoms with Crippen LogP contribution in [0.1, 0.15) is 24.0 Å². The summed E-state index contributed by atoms with van der Waals surface area (Å²) in [5.41, 5.74) is 1.90. The van der Waals surface area contributed by atoms with E-state index < -0.39 is 10.0 Å². The van der Waals surface area contributed by atoms with Crippen molar-refractivity contribution in [2.75, 3.05) is 33.7 Å². The lowest BCUT2D eigenvalue weighted by Crippen LogP contribution is -2.38. The van der Waals surface area contributed by atoms with Gasteiger partial charge in [0.2, 0.25) is 15.9 Å². The van der Waals surface area contributed by atoms with Gasteiger partial charge in [-0.15, -0.1) is 0 Å². The third-order valence-electron chi connectivity index (χ3n) is 5.48. The lowest BCUT2D eigenvalue weighted by atomic mass is 10.1. The molecule has 0 aromatic heterocycles. The number of piperidine rings is 1. The van der Waals surface area contributed by atoms with Crippen LogP contribution in [0.4, 0.5) is 0 Å². The van der Waals surface area contributed by atoms with Crippen molar-refractivity contribution in [3.05, 3.63) is 59.7 Å². The Labute approximate surface area is 185 Å². The van der Waals surface area contributed by atoms with E-state index in [0.29, 0.717) is 6.54 Å². The van der Waals surface area contributed by atoms with Crippen LogP contribution in [0.15, 0.2) is 53.4 Å². The maximum atomic E-state index is 12.6. The van der Waals surface area contributed by atoms with Crippen LogP contribution < -0.4 is 10.1 Å².